The average molecular weight is 427 g/mol. The molecule has 6 nitrogen and oxygen atoms in total. The smallest absolute Gasteiger partial charge is 0.282 e. The summed E-state index contributed by atoms with van der Waals surface area (Å²) in [4.78, 5) is 4.47. The summed E-state index contributed by atoms with van der Waals surface area (Å²) in [5, 5.41) is 14.9. The monoisotopic (exact) mass is 427 g/mol. The molecule has 7 heteroatoms. The predicted octanol–water partition coefficient (Wildman–Crippen LogP) is 2.08. The Kier molecular flexibility index (Phi) is 4.52. The largest absolute Gasteiger partial charge is 0.563 e. The van der Waals surface area contributed by atoms with Gasteiger partial charge >= 0.3 is 0 Å². The Morgan fingerprint density at radius 2 is 1.61 bits per heavy atom. The molecule has 0 radical (unpaired) electrons. The third-order valence-corrected chi connectivity index (χ3v) is 6.19. The van der Waals surface area contributed by atoms with Crippen LogP contribution in [0.5, 0.6) is 0 Å². The zero-order valence-corrected chi connectivity index (χ0v) is 16.9. The van der Waals surface area contributed by atoms with E-state index in [-0.39, 0.29) is 16.5 Å². The SMILES string of the molecule is O=S(=O)(N=C1C=CC=CC1=C1N=c2ccccc2=C([O-])O1)c1ccc2ccccc2c1. The lowest BCUT2D eigenvalue weighted by Gasteiger charge is -2.23. The molecule has 0 atom stereocenters. The molecule has 0 unspecified atom stereocenters. The molecule has 3 aromatic rings. The normalized spacial score (nSPS) is 19.2. The van der Waals surface area contributed by atoms with E-state index in [0.29, 0.717) is 16.1 Å². The standard InChI is InChI=1S/C24H16N2O4S/c27-24-20-10-4-5-11-21(20)25-23(30-24)19-9-3-6-12-22(19)26-31(28,29)18-14-13-16-7-1-2-8-17(16)15-18/h1-15,27H/p-1. The third kappa shape index (κ3) is 3.55. The second-order valence-corrected chi connectivity index (χ2v) is 8.52. The van der Waals surface area contributed by atoms with Crippen LogP contribution in [-0.2, 0) is 14.8 Å². The van der Waals surface area contributed by atoms with Crippen molar-refractivity contribution in [3.63, 3.8) is 0 Å². The molecule has 0 spiro atoms. The molecule has 1 heterocycles. The number of rotatable bonds is 2. The van der Waals surface area contributed by atoms with Crippen LogP contribution in [-0.4, -0.2) is 14.1 Å². The van der Waals surface area contributed by atoms with E-state index in [9.17, 15) is 13.5 Å². The molecule has 0 fully saturated rings. The number of benzene rings is 3. The van der Waals surface area contributed by atoms with Gasteiger partial charge in [0.15, 0.2) is 0 Å². The number of para-hydroxylation sites is 1. The van der Waals surface area contributed by atoms with Crippen LogP contribution < -0.4 is 15.7 Å². The van der Waals surface area contributed by atoms with Gasteiger partial charge in [-0.25, -0.2) is 4.99 Å². The van der Waals surface area contributed by atoms with Gasteiger partial charge in [0.1, 0.15) is 5.88 Å². The topological polar surface area (TPSA) is 91.2 Å². The fraction of sp³-hybridized carbons (Fsp3) is 0. The van der Waals surface area contributed by atoms with E-state index < -0.39 is 16.0 Å². The van der Waals surface area contributed by atoms with Crippen LogP contribution >= 0.6 is 0 Å². The molecule has 0 N–H and O–H groups in total. The molecule has 1 aliphatic heterocycles. The van der Waals surface area contributed by atoms with Crippen LogP contribution in [0.2, 0.25) is 0 Å². The highest BCUT2D eigenvalue weighted by Gasteiger charge is 2.18. The first-order valence-corrected chi connectivity index (χ1v) is 10.9. The lowest BCUT2D eigenvalue weighted by molar-refractivity contribution is -0.287. The number of hydrogen-bond donors (Lipinski definition) is 0. The van der Waals surface area contributed by atoms with Gasteiger partial charge in [0.25, 0.3) is 10.0 Å². The second-order valence-electron chi connectivity index (χ2n) is 6.92. The van der Waals surface area contributed by atoms with E-state index in [4.69, 9.17) is 4.74 Å². The summed E-state index contributed by atoms with van der Waals surface area (Å²) in [6.45, 7) is 0. The van der Waals surface area contributed by atoms with E-state index in [2.05, 4.69) is 9.39 Å². The molecule has 2 aliphatic rings. The Balaban J connectivity index is 1.63. The number of nitrogens with zero attached hydrogens (tertiary/aromatic N) is 2. The second kappa shape index (κ2) is 7.37. The van der Waals surface area contributed by atoms with Crippen molar-refractivity contribution < 1.29 is 18.3 Å². The molecular formula is C24H15N2O4S-. The van der Waals surface area contributed by atoms with Crippen molar-refractivity contribution in [2.75, 3.05) is 0 Å². The number of hydrogen-bond acceptors (Lipinski definition) is 5. The van der Waals surface area contributed by atoms with Gasteiger partial charge in [-0.3, -0.25) is 0 Å². The van der Waals surface area contributed by atoms with Gasteiger partial charge in [0.05, 0.1) is 21.9 Å². The molecule has 0 aromatic heterocycles. The van der Waals surface area contributed by atoms with Crippen molar-refractivity contribution >= 4 is 32.5 Å². The first-order valence-electron chi connectivity index (χ1n) is 9.47. The maximum atomic E-state index is 13.0. The fourth-order valence-corrected chi connectivity index (χ4v) is 4.42. The van der Waals surface area contributed by atoms with Crippen LogP contribution in [0.15, 0.2) is 117 Å². The zero-order chi connectivity index (χ0) is 21.4. The van der Waals surface area contributed by atoms with Crippen LogP contribution in [0.25, 0.3) is 16.7 Å². The Hall–Kier alpha value is -3.97. The van der Waals surface area contributed by atoms with Crippen molar-refractivity contribution in [1.82, 2.24) is 0 Å². The fourth-order valence-electron chi connectivity index (χ4n) is 3.38. The van der Waals surface area contributed by atoms with Gasteiger partial charge in [0, 0.05) is 10.8 Å². The van der Waals surface area contributed by atoms with E-state index in [0.717, 1.165) is 10.8 Å². The molecule has 1 aliphatic carbocycles. The third-order valence-electron chi connectivity index (χ3n) is 4.91. The van der Waals surface area contributed by atoms with Crippen molar-refractivity contribution in [2.45, 2.75) is 4.90 Å². The van der Waals surface area contributed by atoms with Crippen LogP contribution in [0, 0.1) is 0 Å². The van der Waals surface area contributed by atoms with Gasteiger partial charge < -0.3 is 9.84 Å². The summed E-state index contributed by atoms with van der Waals surface area (Å²) in [7, 11) is -4.01. The van der Waals surface area contributed by atoms with Crippen molar-refractivity contribution in [1.29, 1.82) is 0 Å². The highest BCUT2D eigenvalue weighted by Crippen LogP contribution is 2.24. The quantitative estimate of drug-likeness (QED) is 0.626. The number of fused-ring (bicyclic) bond motifs is 2. The summed E-state index contributed by atoms with van der Waals surface area (Å²) in [6.07, 6.45) is 6.53. The maximum absolute atomic E-state index is 13.0. The number of sulfonamides is 1. The summed E-state index contributed by atoms with van der Waals surface area (Å²) in [5.74, 6) is -0.537. The van der Waals surface area contributed by atoms with Crippen LogP contribution in [0.3, 0.4) is 0 Å². The van der Waals surface area contributed by atoms with E-state index in [1.165, 1.54) is 6.07 Å². The highest BCUT2D eigenvalue weighted by atomic mass is 32.2. The van der Waals surface area contributed by atoms with Crippen molar-refractivity contribution in [3.05, 3.63) is 113 Å². The van der Waals surface area contributed by atoms with E-state index >= 15 is 0 Å². The van der Waals surface area contributed by atoms with Gasteiger partial charge in [0.2, 0.25) is 0 Å². The molecule has 0 bridgehead atoms. The Bertz CT molecular complexity index is 1580. The molecule has 0 saturated carbocycles. The molecular weight excluding hydrogens is 412 g/mol. The minimum absolute atomic E-state index is 0.0109. The Labute approximate surface area is 178 Å². The molecule has 0 saturated heterocycles. The van der Waals surface area contributed by atoms with Crippen molar-refractivity contribution in [3.8, 4) is 0 Å². The summed E-state index contributed by atoms with van der Waals surface area (Å²) >= 11 is 0. The highest BCUT2D eigenvalue weighted by molar-refractivity contribution is 7.90. The molecule has 0 amide bonds. The van der Waals surface area contributed by atoms with E-state index in [1.54, 1.807) is 60.7 Å². The molecule has 3 aromatic carbocycles. The van der Waals surface area contributed by atoms with Crippen LogP contribution in [0.4, 0.5) is 0 Å². The Morgan fingerprint density at radius 1 is 0.871 bits per heavy atom. The molecule has 5 rings (SSSR count). The minimum atomic E-state index is -4.01. The van der Waals surface area contributed by atoms with Crippen molar-refractivity contribution in [2.24, 2.45) is 9.39 Å². The lowest BCUT2D eigenvalue weighted by Crippen LogP contribution is -2.35. The van der Waals surface area contributed by atoms with Crippen LogP contribution in [0.1, 0.15) is 0 Å². The molecule has 152 valence electrons. The van der Waals surface area contributed by atoms with Gasteiger partial charge in [-0.05, 0) is 41.1 Å². The zero-order valence-electron chi connectivity index (χ0n) is 16.1. The van der Waals surface area contributed by atoms with E-state index in [1.807, 2.05) is 24.3 Å². The van der Waals surface area contributed by atoms with Gasteiger partial charge in [-0.1, -0.05) is 60.7 Å². The number of ether oxygens (including phenoxy) is 1. The maximum Gasteiger partial charge on any atom is 0.282 e. The minimum Gasteiger partial charge on any atom is -0.563 e. The first kappa shape index (κ1) is 19.0. The molecule has 31 heavy (non-hydrogen) atoms. The van der Waals surface area contributed by atoms with Gasteiger partial charge in [-0.2, -0.15) is 12.8 Å². The average Bonchev–Trinajstić information content (AvgIpc) is 2.79. The summed E-state index contributed by atoms with van der Waals surface area (Å²) in [5.41, 5.74) is 0.455. The predicted molar refractivity (Wildman–Crippen MR) is 116 cm³/mol. The number of allylic oxidation sites excluding steroid dienone is 5. The summed E-state index contributed by atoms with van der Waals surface area (Å²) < 4.78 is 35.5. The Morgan fingerprint density at radius 3 is 2.48 bits per heavy atom. The van der Waals surface area contributed by atoms with Gasteiger partial charge in [-0.15, -0.1) is 0 Å². The summed E-state index contributed by atoms with van der Waals surface area (Å²) in [6, 6.07) is 19.2. The lowest BCUT2D eigenvalue weighted by atomic mass is 10.1. The first-order chi connectivity index (χ1) is 15.0.